The highest BCUT2D eigenvalue weighted by Gasteiger charge is 2.38. The molecule has 1 aliphatic rings. The molecule has 2 heterocycles. The van der Waals surface area contributed by atoms with Crippen LogP contribution in [0.5, 0.6) is 0 Å². The van der Waals surface area contributed by atoms with Crippen LogP contribution >= 0.6 is 0 Å². The number of para-hydroxylation sites is 1. The molecule has 2 heteroatoms. The zero-order valence-corrected chi connectivity index (χ0v) is 29.2. The predicted octanol–water partition coefficient (Wildman–Crippen LogP) is 13.0. The van der Waals surface area contributed by atoms with E-state index in [1.165, 1.54) is 101 Å². The van der Waals surface area contributed by atoms with Gasteiger partial charge in [-0.1, -0.05) is 119 Å². The Morgan fingerprint density at radius 1 is 0.400 bits per heavy atom. The van der Waals surface area contributed by atoms with Crippen molar-refractivity contribution in [2.75, 3.05) is 0 Å². The monoisotopic (exact) mass is 644 g/mol. The van der Waals surface area contributed by atoms with E-state index < -0.39 is 0 Å². The van der Waals surface area contributed by atoms with Crippen LogP contribution in [0, 0.1) is 0 Å². The molecule has 0 amide bonds. The maximum absolute atomic E-state index is 2.56. The first-order chi connectivity index (χ1) is 24.3. The second kappa shape index (κ2) is 10.5. The van der Waals surface area contributed by atoms with E-state index in [-0.39, 0.29) is 10.8 Å². The van der Waals surface area contributed by atoms with Gasteiger partial charge in [-0.3, -0.25) is 0 Å². The van der Waals surface area contributed by atoms with Gasteiger partial charge in [0.15, 0.2) is 0 Å². The summed E-state index contributed by atoms with van der Waals surface area (Å²) in [6.45, 7) is 9.74. The Kier molecular flexibility index (Phi) is 6.13. The second-order valence-electron chi connectivity index (χ2n) is 15.7. The Morgan fingerprint density at radius 2 is 0.960 bits per heavy atom. The van der Waals surface area contributed by atoms with Crippen molar-refractivity contribution in [2.45, 2.75) is 51.4 Å². The molecule has 7 aromatic carbocycles. The average molecular weight is 645 g/mol. The van der Waals surface area contributed by atoms with E-state index >= 15 is 0 Å². The third kappa shape index (κ3) is 4.21. The minimum atomic E-state index is 0.107. The molecule has 2 aromatic heterocycles. The van der Waals surface area contributed by atoms with Gasteiger partial charge in [-0.25, -0.2) is 0 Å². The van der Waals surface area contributed by atoms with Crippen LogP contribution in [0.15, 0.2) is 146 Å². The average Bonchev–Trinajstić information content (AvgIpc) is 3.64. The molecular formula is C48H40N2. The minimum Gasteiger partial charge on any atom is -0.309 e. The van der Waals surface area contributed by atoms with E-state index in [1.807, 2.05) is 0 Å². The van der Waals surface area contributed by atoms with Crippen molar-refractivity contribution in [3.8, 4) is 22.5 Å². The summed E-state index contributed by atoms with van der Waals surface area (Å²) in [5.41, 5.74) is 13.0. The molecule has 0 unspecified atom stereocenters. The quantitative estimate of drug-likeness (QED) is 0.181. The van der Waals surface area contributed by atoms with E-state index in [9.17, 15) is 0 Å². The van der Waals surface area contributed by atoms with Gasteiger partial charge in [0, 0.05) is 32.9 Å². The molecule has 0 radical (unpaired) electrons. The van der Waals surface area contributed by atoms with E-state index in [0.29, 0.717) is 0 Å². The van der Waals surface area contributed by atoms with Gasteiger partial charge >= 0.3 is 0 Å². The molecule has 1 aliphatic carbocycles. The van der Waals surface area contributed by atoms with Gasteiger partial charge in [0.25, 0.3) is 0 Å². The Labute approximate surface area is 293 Å². The van der Waals surface area contributed by atoms with Crippen molar-refractivity contribution in [2.24, 2.45) is 0 Å². The first-order valence-corrected chi connectivity index (χ1v) is 18.0. The minimum absolute atomic E-state index is 0.107. The lowest BCUT2D eigenvalue weighted by Crippen LogP contribution is -2.33. The largest absolute Gasteiger partial charge is 0.309 e. The lowest BCUT2D eigenvalue weighted by molar-refractivity contribution is 0.332. The fraction of sp³-hybridized carbons (Fsp3) is 0.167. The van der Waals surface area contributed by atoms with Crippen LogP contribution < -0.4 is 0 Å². The van der Waals surface area contributed by atoms with Gasteiger partial charge in [0.1, 0.15) is 0 Å². The summed E-state index contributed by atoms with van der Waals surface area (Å²) in [5, 5.41) is 7.76. The smallest absolute Gasteiger partial charge is 0.0549 e. The molecule has 10 rings (SSSR count). The summed E-state index contributed by atoms with van der Waals surface area (Å²) in [6.07, 6.45) is 2.38. The first kappa shape index (κ1) is 29.3. The van der Waals surface area contributed by atoms with Crippen LogP contribution in [0.1, 0.15) is 51.7 Å². The highest BCUT2D eigenvalue weighted by atomic mass is 15.0. The molecule has 0 spiro atoms. The lowest BCUT2D eigenvalue weighted by atomic mass is 9.63. The normalized spacial score (nSPS) is 15.4. The van der Waals surface area contributed by atoms with Crippen LogP contribution in [0.25, 0.3) is 76.9 Å². The van der Waals surface area contributed by atoms with Gasteiger partial charge in [-0.15, -0.1) is 0 Å². The Hall–Kier alpha value is -5.60. The van der Waals surface area contributed by atoms with Crippen molar-refractivity contribution in [3.63, 3.8) is 0 Å². The number of aromatic nitrogens is 2. The maximum Gasteiger partial charge on any atom is 0.0549 e. The number of benzene rings is 7. The van der Waals surface area contributed by atoms with E-state index in [1.54, 1.807) is 0 Å². The van der Waals surface area contributed by atoms with E-state index in [0.717, 1.165) is 0 Å². The summed E-state index contributed by atoms with van der Waals surface area (Å²) < 4.78 is 5.02. The van der Waals surface area contributed by atoms with Gasteiger partial charge < -0.3 is 9.13 Å². The standard InChI is InChI=1S/C48H40N2/c1-47(2)24-25-48(3,4)41-30-45-37(27-40(41)47)38-28-44-39(29-43(38)50(45)35-20-13-17-33(26-35)31-14-7-5-8-15-31)46-36-21-12-11-16-32(36)22-23-42(46)49(44)34-18-9-6-10-19-34/h5-23,26-30H,24-25H2,1-4H3. The SMILES string of the molecule is CC1(C)CCC(C)(C)c2cc3c(cc21)c1cc2c(cc1n3-c1cccc(-c3ccccc3)c1)c1c3ccccc3ccc1n2-c1ccccc1. The molecule has 0 bridgehead atoms. The first-order valence-electron chi connectivity index (χ1n) is 18.0. The van der Waals surface area contributed by atoms with Crippen molar-refractivity contribution in [3.05, 3.63) is 157 Å². The molecule has 0 fully saturated rings. The Bertz CT molecular complexity index is 2790. The van der Waals surface area contributed by atoms with Crippen LogP contribution in [-0.2, 0) is 10.8 Å². The van der Waals surface area contributed by atoms with Gasteiger partial charge in [0.2, 0.25) is 0 Å². The molecular weight excluding hydrogens is 605 g/mol. The summed E-state index contributed by atoms with van der Waals surface area (Å²) in [6, 6.07) is 54.2. The van der Waals surface area contributed by atoms with Gasteiger partial charge in [-0.2, -0.15) is 0 Å². The zero-order valence-electron chi connectivity index (χ0n) is 29.2. The topological polar surface area (TPSA) is 9.86 Å². The van der Waals surface area contributed by atoms with E-state index in [2.05, 4.69) is 182 Å². The van der Waals surface area contributed by atoms with Gasteiger partial charge in [0.05, 0.1) is 22.1 Å². The summed E-state index contributed by atoms with van der Waals surface area (Å²) in [5.74, 6) is 0. The molecule has 0 saturated carbocycles. The third-order valence-corrected chi connectivity index (χ3v) is 11.7. The number of rotatable bonds is 3. The van der Waals surface area contributed by atoms with Crippen LogP contribution in [0.2, 0.25) is 0 Å². The second-order valence-corrected chi connectivity index (χ2v) is 15.7. The Morgan fingerprint density at radius 3 is 1.74 bits per heavy atom. The summed E-state index contributed by atoms with van der Waals surface area (Å²) >= 11 is 0. The Balaban J connectivity index is 1.40. The number of nitrogens with zero attached hydrogens (tertiary/aromatic N) is 2. The highest BCUT2D eigenvalue weighted by Crippen LogP contribution is 2.49. The van der Waals surface area contributed by atoms with Crippen molar-refractivity contribution in [1.82, 2.24) is 9.13 Å². The molecule has 50 heavy (non-hydrogen) atoms. The van der Waals surface area contributed by atoms with Crippen LogP contribution in [0.4, 0.5) is 0 Å². The third-order valence-electron chi connectivity index (χ3n) is 11.7. The van der Waals surface area contributed by atoms with Crippen LogP contribution in [0.3, 0.4) is 0 Å². The summed E-state index contributed by atoms with van der Waals surface area (Å²) in [7, 11) is 0. The fourth-order valence-electron chi connectivity index (χ4n) is 8.94. The number of hydrogen-bond donors (Lipinski definition) is 0. The predicted molar refractivity (Wildman–Crippen MR) is 213 cm³/mol. The molecule has 9 aromatic rings. The van der Waals surface area contributed by atoms with Crippen molar-refractivity contribution >= 4 is 54.4 Å². The van der Waals surface area contributed by atoms with Gasteiger partial charge in [-0.05, 0) is 111 Å². The fourth-order valence-corrected chi connectivity index (χ4v) is 8.94. The number of fused-ring (bicyclic) bond motifs is 9. The highest BCUT2D eigenvalue weighted by molar-refractivity contribution is 6.25. The van der Waals surface area contributed by atoms with Crippen molar-refractivity contribution in [1.29, 1.82) is 0 Å². The summed E-state index contributed by atoms with van der Waals surface area (Å²) in [4.78, 5) is 0. The molecule has 242 valence electrons. The van der Waals surface area contributed by atoms with Crippen molar-refractivity contribution < 1.29 is 0 Å². The molecule has 0 aliphatic heterocycles. The molecule has 0 N–H and O–H groups in total. The molecule has 0 saturated heterocycles. The maximum atomic E-state index is 2.56. The molecule has 2 nitrogen and oxygen atoms in total. The number of hydrogen-bond acceptors (Lipinski definition) is 0. The zero-order chi connectivity index (χ0) is 33.8. The van der Waals surface area contributed by atoms with Crippen LogP contribution in [-0.4, -0.2) is 9.13 Å². The van der Waals surface area contributed by atoms with E-state index in [4.69, 9.17) is 0 Å². The molecule has 0 atom stereocenters. The lowest BCUT2D eigenvalue weighted by Gasteiger charge is -2.42.